The van der Waals surface area contributed by atoms with Gasteiger partial charge in [0.1, 0.15) is 0 Å². The van der Waals surface area contributed by atoms with Crippen LogP contribution < -0.4 is 16.8 Å². The predicted octanol–water partition coefficient (Wildman–Crippen LogP) is 1.54. The summed E-state index contributed by atoms with van der Waals surface area (Å²) in [6.45, 7) is 0.916. The van der Waals surface area contributed by atoms with Crippen molar-refractivity contribution in [2.75, 3.05) is 18.4 Å². The van der Waals surface area contributed by atoms with Gasteiger partial charge in [0.2, 0.25) is 5.91 Å². The van der Waals surface area contributed by atoms with Crippen molar-refractivity contribution in [2.45, 2.75) is 32.1 Å². The molecule has 0 saturated carbocycles. The smallest absolute Gasteiger partial charge is 0.337 e. The van der Waals surface area contributed by atoms with Gasteiger partial charge < -0.3 is 21.9 Å². The van der Waals surface area contributed by atoms with E-state index in [1.807, 2.05) is 0 Å². The first kappa shape index (κ1) is 18.7. The Morgan fingerprint density at radius 3 is 2.57 bits per heavy atom. The largest absolute Gasteiger partial charge is 0.478 e. The molecule has 6 nitrogen and oxygen atoms in total. The van der Waals surface area contributed by atoms with Gasteiger partial charge in [-0.3, -0.25) is 4.79 Å². The number of hydrogen-bond acceptors (Lipinski definition) is 4. The van der Waals surface area contributed by atoms with Crippen molar-refractivity contribution in [3.63, 3.8) is 0 Å². The molecule has 0 bridgehead atoms. The Morgan fingerprint density at radius 1 is 1.13 bits per heavy atom. The van der Waals surface area contributed by atoms with Gasteiger partial charge in [0.25, 0.3) is 0 Å². The SMILES string of the molecule is NCCCCCC#Cc1ccc(NC(=O)CCN)cc1C(=O)O. The lowest BCUT2D eigenvalue weighted by molar-refractivity contribution is -0.116. The van der Waals surface area contributed by atoms with Gasteiger partial charge in [-0.1, -0.05) is 18.3 Å². The van der Waals surface area contributed by atoms with Gasteiger partial charge in [0.05, 0.1) is 5.56 Å². The third-order valence-electron chi connectivity index (χ3n) is 3.13. The van der Waals surface area contributed by atoms with Crippen LogP contribution in [0, 0.1) is 11.8 Å². The molecule has 23 heavy (non-hydrogen) atoms. The van der Waals surface area contributed by atoms with Crippen molar-refractivity contribution in [1.29, 1.82) is 0 Å². The average Bonchev–Trinajstić information content (AvgIpc) is 2.51. The van der Waals surface area contributed by atoms with Crippen molar-refractivity contribution in [2.24, 2.45) is 11.5 Å². The molecule has 124 valence electrons. The number of carbonyl (C=O) groups excluding carboxylic acids is 1. The molecule has 0 aromatic heterocycles. The minimum Gasteiger partial charge on any atom is -0.478 e. The third-order valence-corrected chi connectivity index (χ3v) is 3.13. The van der Waals surface area contributed by atoms with E-state index in [4.69, 9.17) is 11.5 Å². The number of benzene rings is 1. The first-order chi connectivity index (χ1) is 11.1. The molecule has 0 aliphatic carbocycles. The second kappa shape index (κ2) is 10.4. The summed E-state index contributed by atoms with van der Waals surface area (Å²) in [6, 6.07) is 4.66. The number of rotatable bonds is 8. The van der Waals surface area contributed by atoms with E-state index < -0.39 is 5.97 Å². The minimum absolute atomic E-state index is 0.0741. The van der Waals surface area contributed by atoms with Crippen molar-refractivity contribution < 1.29 is 14.7 Å². The highest BCUT2D eigenvalue weighted by atomic mass is 16.4. The molecule has 0 radical (unpaired) electrons. The summed E-state index contributed by atoms with van der Waals surface area (Å²) in [4.78, 5) is 22.8. The van der Waals surface area contributed by atoms with Crippen molar-refractivity contribution in [3.05, 3.63) is 29.3 Å². The van der Waals surface area contributed by atoms with Gasteiger partial charge in [-0.25, -0.2) is 4.79 Å². The molecule has 0 aliphatic heterocycles. The number of carboxylic acids is 1. The van der Waals surface area contributed by atoms with Gasteiger partial charge in [0, 0.05) is 30.6 Å². The maximum Gasteiger partial charge on any atom is 0.337 e. The van der Waals surface area contributed by atoms with Crippen LogP contribution in [-0.4, -0.2) is 30.1 Å². The molecule has 1 aromatic rings. The highest BCUT2D eigenvalue weighted by Crippen LogP contribution is 2.16. The summed E-state index contributed by atoms with van der Waals surface area (Å²) in [7, 11) is 0. The second-order valence-corrected chi connectivity index (χ2v) is 5.05. The van der Waals surface area contributed by atoms with E-state index in [1.54, 1.807) is 12.1 Å². The molecule has 6 N–H and O–H groups in total. The van der Waals surface area contributed by atoms with Gasteiger partial charge >= 0.3 is 5.97 Å². The second-order valence-electron chi connectivity index (χ2n) is 5.05. The van der Waals surface area contributed by atoms with E-state index in [0.29, 0.717) is 24.2 Å². The van der Waals surface area contributed by atoms with Crippen molar-refractivity contribution >= 4 is 17.6 Å². The lowest BCUT2D eigenvalue weighted by Gasteiger charge is -2.06. The summed E-state index contributed by atoms with van der Waals surface area (Å²) >= 11 is 0. The normalized spacial score (nSPS) is 9.83. The summed E-state index contributed by atoms with van der Waals surface area (Å²) in [5.74, 6) is 4.54. The van der Waals surface area contributed by atoms with Crippen LogP contribution in [0.1, 0.15) is 48.0 Å². The van der Waals surface area contributed by atoms with E-state index in [9.17, 15) is 14.7 Å². The summed E-state index contributed by atoms with van der Waals surface area (Å²) in [5.41, 5.74) is 11.7. The molecule has 0 spiro atoms. The Kier molecular flexibility index (Phi) is 8.43. The standard InChI is InChI=1S/C17H23N3O3/c18-10-5-3-1-2-4-6-13-7-8-14(12-15(13)17(22)23)20-16(21)9-11-19/h7-8,12H,1-3,5,9-11,18-19H2,(H,20,21)(H,22,23). The number of carboxylic acid groups (broad SMARTS) is 1. The Hall–Kier alpha value is -2.36. The third kappa shape index (κ3) is 6.96. The monoisotopic (exact) mass is 317 g/mol. The van der Waals surface area contributed by atoms with Crippen LogP contribution in [0.4, 0.5) is 5.69 Å². The molecule has 0 fully saturated rings. The molecule has 0 saturated heterocycles. The van der Waals surface area contributed by atoms with Crippen LogP contribution >= 0.6 is 0 Å². The van der Waals surface area contributed by atoms with Crippen molar-refractivity contribution in [1.82, 2.24) is 0 Å². The quantitative estimate of drug-likeness (QED) is 0.428. The molecule has 0 unspecified atom stereocenters. The summed E-state index contributed by atoms with van der Waals surface area (Å²) < 4.78 is 0. The molecular formula is C17H23N3O3. The van der Waals surface area contributed by atoms with Crippen LogP contribution in [0.15, 0.2) is 18.2 Å². The maximum atomic E-state index is 11.5. The average molecular weight is 317 g/mol. The first-order valence-corrected chi connectivity index (χ1v) is 7.64. The van der Waals surface area contributed by atoms with Gasteiger partial charge in [-0.2, -0.15) is 0 Å². The number of amides is 1. The highest BCUT2D eigenvalue weighted by molar-refractivity contribution is 5.95. The Morgan fingerprint density at radius 2 is 1.91 bits per heavy atom. The van der Waals surface area contributed by atoms with E-state index in [1.165, 1.54) is 6.07 Å². The molecule has 1 amide bonds. The van der Waals surface area contributed by atoms with E-state index >= 15 is 0 Å². The molecule has 0 heterocycles. The van der Waals surface area contributed by atoms with Gasteiger partial charge in [0.15, 0.2) is 0 Å². The summed E-state index contributed by atoms with van der Waals surface area (Å²) in [6.07, 6.45) is 3.82. The zero-order chi connectivity index (χ0) is 17.1. The topological polar surface area (TPSA) is 118 Å². The number of unbranched alkanes of at least 4 members (excludes halogenated alkanes) is 3. The number of nitrogens with one attached hydrogen (secondary N) is 1. The molecular weight excluding hydrogens is 294 g/mol. The van der Waals surface area contributed by atoms with Crippen LogP contribution in [0.25, 0.3) is 0 Å². The van der Waals surface area contributed by atoms with E-state index in [-0.39, 0.29) is 24.4 Å². The fraction of sp³-hybridized carbons (Fsp3) is 0.412. The Labute approximate surface area is 136 Å². The number of anilines is 1. The van der Waals surface area contributed by atoms with Crippen LogP contribution in [0.3, 0.4) is 0 Å². The zero-order valence-electron chi connectivity index (χ0n) is 13.1. The highest BCUT2D eigenvalue weighted by Gasteiger charge is 2.10. The fourth-order valence-corrected chi connectivity index (χ4v) is 1.95. The zero-order valence-corrected chi connectivity index (χ0v) is 13.1. The van der Waals surface area contributed by atoms with Crippen LogP contribution in [0.2, 0.25) is 0 Å². The number of aromatic carboxylic acids is 1. The number of nitrogens with two attached hydrogens (primary N) is 2. The molecule has 0 atom stereocenters. The number of hydrogen-bond donors (Lipinski definition) is 4. The lowest BCUT2D eigenvalue weighted by Crippen LogP contribution is -2.16. The Bertz CT molecular complexity index is 603. The fourth-order valence-electron chi connectivity index (χ4n) is 1.95. The van der Waals surface area contributed by atoms with Crippen molar-refractivity contribution in [3.8, 4) is 11.8 Å². The summed E-state index contributed by atoms with van der Waals surface area (Å²) in [5, 5.41) is 11.9. The van der Waals surface area contributed by atoms with E-state index in [2.05, 4.69) is 17.2 Å². The van der Waals surface area contributed by atoms with E-state index in [0.717, 1.165) is 19.3 Å². The number of carbonyl (C=O) groups is 2. The van der Waals surface area contributed by atoms with Gasteiger partial charge in [-0.05, 0) is 37.6 Å². The molecule has 1 aromatic carbocycles. The van der Waals surface area contributed by atoms with Gasteiger partial charge in [-0.15, -0.1) is 0 Å². The molecule has 0 aliphatic rings. The van der Waals surface area contributed by atoms with Crippen LogP contribution in [0.5, 0.6) is 0 Å². The van der Waals surface area contributed by atoms with Crippen LogP contribution in [-0.2, 0) is 4.79 Å². The maximum absolute atomic E-state index is 11.5. The first-order valence-electron chi connectivity index (χ1n) is 7.64. The predicted molar refractivity (Wildman–Crippen MR) is 90.1 cm³/mol. The molecule has 1 rings (SSSR count). The molecule has 6 heteroatoms. The minimum atomic E-state index is -1.08. The Balaban J connectivity index is 2.78. The lowest BCUT2D eigenvalue weighted by atomic mass is 10.1.